The molecule has 0 aromatic carbocycles. The van der Waals surface area contributed by atoms with Crippen LogP contribution in [0.1, 0.15) is 6.92 Å². The lowest BCUT2D eigenvalue weighted by Gasteiger charge is -1.59. The molecule has 0 aliphatic carbocycles. The van der Waals surface area contributed by atoms with E-state index in [-0.39, 0.29) is 5.24 Å². The van der Waals surface area contributed by atoms with E-state index in [1.165, 1.54) is 6.92 Å². The van der Waals surface area contributed by atoms with Gasteiger partial charge in [0.15, 0.2) is 0 Å². The van der Waals surface area contributed by atoms with E-state index in [4.69, 9.17) is 0 Å². The van der Waals surface area contributed by atoms with E-state index in [1.54, 1.807) is 0 Å². The first-order chi connectivity index (χ1) is 3.46. The second-order valence-electron chi connectivity index (χ2n) is 0.753. The number of hydrogen-bond acceptors (Lipinski definition) is 2. The molecule has 0 spiro atoms. The molecule has 0 rings (SSSR count). The van der Waals surface area contributed by atoms with Gasteiger partial charge in [0.25, 0.3) is 0 Å². The maximum absolute atomic E-state index is 9.21. The van der Waals surface area contributed by atoms with Crippen LogP contribution in [0.15, 0.2) is 0 Å². The van der Waals surface area contributed by atoms with Crippen molar-refractivity contribution in [2.24, 2.45) is 0 Å². The number of thiocarbonyl (C=S) groups is 1. The van der Waals surface area contributed by atoms with Gasteiger partial charge in [-0.2, -0.15) is 0 Å². The van der Waals surface area contributed by atoms with Crippen LogP contribution >= 0.6 is 49.1 Å². The number of hydrogen-bond donors (Lipinski definition) is 2. The number of carbonyl (C=O) groups excluding carboxylic acids is 1. The zero-order chi connectivity index (χ0) is 7.15. The van der Waals surface area contributed by atoms with Crippen LogP contribution in [0.25, 0.3) is 0 Å². The summed E-state index contributed by atoms with van der Waals surface area (Å²) in [6.45, 7) is 1.29. The van der Waals surface area contributed by atoms with E-state index < -0.39 is 0 Å². The molecule has 0 amide bonds. The van der Waals surface area contributed by atoms with Gasteiger partial charge in [0.1, 0.15) is 0 Å². The summed E-state index contributed by atoms with van der Waals surface area (Å²) in [4.78, 5) is 9.21. The van der Waals surface area contributed by atoms with Crippen molar-refractivity contribution in [3.63, 3.8) is 0 Å². The summed E-state index contributed by atoms with van der Waals surface area (Å²) in [5.74, 6) is 0. The minimum absolute atomic E-state index is 0.361. The van der Waals surface area contributed by atoms with Gasteiger partial charge in [0.05, 0.1) is 3.53 Å². The first-order valence-corrected chi connectivity index (χ1v) is 3.23. The molecular weight excluding hydrogens is 184 g/mol. The Bertz CT molecular complexity index is 72.5. The summed E-state index contributed by atoms with van der Waals surface area (Å²) in [7, 11) is 0. The highest BCUT2D eigenvalue weighted by molar-refractivity contribution is 8.34. The van der Waals surface area contributed by atoms with Crippen LogP contribution in [0.4, 0.5) is 0 Å². The molecule has 0 atom stereocenters. The molecule has 0 radical (unpaired) electrons. The maximum Gasteiger partial charge on any atom is 0.218 e. The third kappa shape index (κ3) is 397. The van der Waals surface area contributed by atoms with Gasteiger partial charge in [-0.05, 0) is 11.6 Å². The average Bonchev–Trinajstić information content (AvgIpc) is 1.25. The molecule has 0 heterocycles. The Morgan fingerprint density at radius 3 is 1.62 bits per heavy atom. The van der Waals surface area contributed by atoms with Gasteiger partial charge in [-0.25, -0.2) is 0 Å². The first kappa shape index (κ1) is 11.5. The number of rotatable bonds is 0. The Hall–Kier alpha value is 0.750. The second kappa shape index (κ2) is 7.75. The zero-order valence-electron chi connectivity index (χ0n) is 4.09. The first-order valence-electron chi connectivity index (χ1n) is 1.54. The summed E-state index contributed by atoms with van der Waals surface area (Å²) in [6, 6.07) is 0. The Kier molecular flexibility index (Phi) is 11.2. The quantitative estimate of drug-likeness (QED) is 0.344. The third-order valence-electron chi connectivity index (χ3n) is 0. The topological polar surface area (TPSA) is 17.1 Å². The lowest BCUT2D eigenvalue weighted by atomic mass is 10.9. The fourth-order valence-electron chi connectivity index (χ4n) is 0. The van der Waals surface area contributed by atoms with Crippen molar-refractivity contribution in [2.75, 3.05) is 0 Å². The molecule has 0 saturated carbocycles. The minimum atomic E-state index is -0.361. The summed E-state index contributed by atoms with van der Waals surface area (Å²) in [5.41, 5.74) is 0. The molecule has 1 nitrogen and oxygen atoms in total. The average molecular weight is 189 g/mol. The molecule has 0 aliphatic rings. The molecule has 0 aromatic heterocycles. The lowest BCUT2D eigenvalue weighted by molar-refractivity contribution is -0.109. The van der Waals surface area contributed by atoms with Crippen LogP contribution in [0, 0.1) is 0 Å². The van der Waals surface area contributed by atoms with Crippen LogP contribution in [-0.4, -0.2) is 8.77 Å². The van der Waals surface area contributed by atoms with Crippen molar-refractivity contribution in [2.45, 2.75) is 6.92 Å². The molecule has 48 valence electrons. The van der Waals surface area contributed by atoms with Crippen LogP contribution < -0.4 is 0 Å². The van der Waals surface area contributed by atoms with Gasteiger partial charge in [-0.15, -0.1) is 25.3 Å². The Balaban J connectivity index is 0. The number of carbonyl (C=O) groups is 1. The van der Waals surface area contributed by atoms with Gasteiger partial charge in [-0.3, -0.25) is 4.79 Å². The highest BCUT2D eigenvalue weighted by Gasteiger charge is 1.67. The normalized spacial score (nSPS) is 6.50. The number of halogens is 1. The van der Waals surface area contributed by atoms with Crippen molar-refractivity contribution in [1.82, 2.24) is 0 Å². The molecular formula is C3H5ClOS3. The SMILES string of the molecule is CC(=O)Cl.S=C(S)S. The monoisotopic (exact) mass is 188 g/mol. The van der Waals surface area contributed by atoms with Crippen molar-refractivity contribution in [3.05, 3.63) is 0 Å². The van der Waals surface area contributed by atoms with Gasteiger partial charge in [-0.1, -0.05) is 12.2 Å². The van der Waals surface area contributed by atoms with E-state index in [1.807, 2.05) is 0 Å². The molecule has 0 fully saturated rings. The predicted octanol–water partition coefficient (Wildman–Crippen LogP) is 1.90. The number of thiol groups is 2. The van der Waals surface area contributed by atoms with Gasteiger partial charge < -0.3 is 0 Å². The standard InChI is InChI=1S/C2H3ClO.CH2S3/c1-2(3)4;2-1(3)4/h1H3;(H2,2,3,4). The predicted molar refractivity (Wildman–Crippen MR) is 47.1 cm³/mol. The minimum Gasteiger partial charge on any atom is -0.282 e. The fraction of sp³-hybridized carbons (Fsp3) is 0.333. The van der Waals surface area contributed by atoms with Gasteiger partial charge in [0.2, 0.25) is 5.24 Å². The fourth-order valence-corrected chi connectivity index (χ4v) is 0. The van der Waals surface area contributed by atoms with E-state index in [9.17, 15) is 4.79 Å². The summed E-state index contributed by atoms with van der Waals surface area (Å²) < 4.78 is 0.389. The molecule has 0 N–H and O–H groups in total. The highest BCUT2D eigenvalue weighted by atomic mass is 35.5. The third-order valence-corrected chi connectivity index (χ3v) is 0. The molecule has 0 unspecified atom stereocenters. The Morgan fingerprint density at radius 2 is 1.62 bits per heavy atom. The molecule has 0 bridgehead atoms. The van der Waals surface area contributed by atoms with Gasteiger partial charge >= 0.3 is 0 Å². The second-order valence-corrected chi connectivity index (χ2v) is 3.55. The van der Waals surface area contributed by atoms with Crippen molar-refractivity contribution < 1.29 is 4.79 Å². The summed E-state index contributed by atoms with van der Waals surface area (Å²) >= 11 is 16.0. The van der Waals surface area contributed by atoms with Crippen LogP contribution in [-0.2, 0) is 4.79 Å². The Labute approximate surface area is 69.6 Å². The largest absolute Gasteiger partial charge is 0.282 e. The van der Waals surface area contributed by atoms with Crippen molar-refractivity contribution in [1.29, 1.82) is 0 Å². The maximum atomic E-state index is 9.21. The smallest absolute Gasteiger partial charge is 0.218 e. The van der Waals surface area contributed by atoms with E-state index in [2.05, 4.69) is 49.1 Å². The zero-order valence-corrected chi connectivity index (χ0v) is 7.45. The van der Waals surface area contributed by atoms with E-state index in [0.29, 0.717) is 3.53 Å². The molecule has 5 heteroatoms. The molecule has 0 aliphatic heterocycles. The van der Waals surface area contributed by atoms with Crippen LogP contribution in [0.3, 0.4) is 0 Å². The Morgan fingerprint density at radius 1 is 1.62 bits per heavy atom. The molecule has 0 aromatic rings. The van der Waals surface area contributed by atoms with E-state index >= 15 is 0 Å². The van der Waals surface area contributed by atoms with Gasteiger partial charge in [0, 0.05) is 6.92 Å². The van der Waals surface area contributed by atoms with Crippen LogP contribution in [0.2, 0.25) is 0 Å². The summed E-state index contributed by atoms with van der Waals surface area (Å²) in [6.07, 6.45) is 0. The summed E-state index contributed by atoms with van der Waals surface area (Å²) in [5, 5.41) is -0.361. The lowest BCUT2D eigenvalue weighted by Crippen LogP contribution is -1.62. The highest BCUT2D eigenvalue weighted by Crippen LogP contribution is 1.83. The molecule has 0 saturated heterocycles. The van der Waals surface area contributed by atoms with Crippen LogP contribution in [0.5, 0.6) is 0 Å². The van der Waals surface area contributed by atoms with E-state index in [0.717, 1.165) is 0 Å². The molecule has 8 heavy (non-hydrogen) atoms. The van der Waals surface area contributed by atoms with Crippen molar-refractivity contribution in [3.8, 4) is 0 Å². The van der Waals surface area contributed by atoms with Crippen molar-refractivity contribution >= 4 is 57.8 Å².